The molecule has 1 aromatic carbocycles. The lowest BCUT2D eigenvalue weighted by molar-refractivity contribution is 0.0607. The molecule has 3 aliphatic rings. The van der Waals surface area contributed by atoms with Crippen LogP contribution >= 0.6 is 0 Å². The lowest BCUT2D eigenvalue weighted by atomic mass is 9.78. The summed E-state index contributed by atoms with van der Waals surface area (Å²) in [5.74, 6) is 2.42. The van der Waals surface area contributed by atoms with Crippen molar-refractivity contribution in [2.24, 2.45) is 5.41 Å². The van der Waals surface area contributed by atoms with E-state index in [0.717, 1.165) is 61.8 Å². The number of benzene rings is 1. The standard InChI is InChI=1S/C20H25N5O/c26-19(25-11-8-20(9-12-25)7-10-21-13-20)16-5-3-15(4-6-16)18-22-17(23-24-18)14-1-2-14/h3-6,14,21H,1-2,7-13H2,(H,22,23,24). The number of piperidine rings is 1. The number of nitrogens with one attached hydrogen (secondary N) is 2. The van der Waals surface area contributed by atoms with Crippen LogP contribution in [0.25, 0.3) is 11.4 Å². The van der Waals surface area contributed by atoms with Crippen LogP contribution in [0.5, 0.6) is 0 Å². The second-order valence-corrected chi connectivity index (χ2v) is 8.11. The van der Waals surface area contributed by atoms with Crippen LogP contribution in [0, 0.1) is 5.41 Å². The van der Waals surface area contributed by atoms with Crippen molar-refractivity contribution in [3.8, 4) is 11.4 Å². The summed E-state index contributed by atoms with van der Waals surface area (Å²) in [6.45, 7) is 3.98. The number of hydrogen-bond donors (Lipinski definition) is 2. The highest BCUT2D eigenvalue weighted by molar-refractivity contribution is 5.94. The van der Waals surface area contributed by atoms with Crippen LogP contribution in [0.1, 0.15) is 54.2 Å². The molecule has 1 saturated carbocycles. The summed E-state index contributed by atoms with van der Waals surface area (Å²) in [5, 5.41) is 10.8. The third-order valence-electron chi connectivity index (χ3n) is 6.30. The molecule has 3 fully saturated rings. The first-order valence-corrected chi connectivity index (χ1v) is 9.75. The summed E-state index contributed by atoms with van der Waals surface area (Å²) in [4.78, 5) is 19.4. The van der Waals surface area contributed by atoms with Crippen LogP contribution in [0.15, 0.2) is 24.3 Å². The minimum absolute atomic E-state index is 0.144. The maximum Gasteiger partial charge on any atom is 0.253 e. The molecule has 6 heteroatoms. The fourth-order valence-corrected chi connectivity index (χ4v) is 4.29. The summed E-state index contributed by atoms with van der Waals surface area (Å²) < 4.78 is 0. The topological polar surface area (TPSA) is 73.9 Å². The molecule has 2 aromatic rings. The van der Waals surface area contributed by atoms with Gasteiger partial charge in [0.2, 0.25) is 0 Å². The number of H-pyrrole nitrogens is 1. The molecule has 1 aliphatic carbocycles. The number of nitrogens with zero attached hydrogens (tertiary/aromatic N) is 3. The van der Waals surface area contributed by atoms with Crippen molar-refractivity contribution in [2.75, 3.05) is 26.2 Å². The van der Waals surface area contributed by atoms with Crippen LogP contribution in [0.4, 0.5) is 0 Å². The van der Waals surface area contributed by atoms with Crippen LogP contribution in [-0.2, 0) is 0 Å². The highest BCUT2D eigenvalue weighted by Gasteiger charge is 2.38. The fourth-order valence-electron chi connectivity index (χ4n) is 4.29. The number of amides is 1. The van der Waals surface area contributed by atoms with Crippen LogP contribution in [-0.4, -0.2) is 52.2 Å². The van der Waals surface area contributed by atoms with Gasteiger partial charge in [-0.15, -0.1) is 0 Å². The summed E-state index contributed by atoms with van der Waals surface area (Å²) in [6.07, 6.45) is 5.89. The predicted octanol–water partition coefficient (Wildman–Crippen LogP) is 2.56. The molecule has 6 nitrogen and oxygen atoms in total. The number of hydrogen-bond acceptors (Lipinski definition) is 4. The van der Waals surface area contributed by atoms with Gasteiger partial charge in [0.15, 0.2) is 5.82 Å². The Kier molecular flexibility index (Phi) is 3.81. The number of aromatic amines is 1. The summed E-state index contributed by atoms with van der Waals surface area (Å²) >= 11 is 0. The molecule has 5 rings (SSSR count). The van der Waals surface area contributed by atoms with Crippen molar-refractivity contribution in [1.29, 1.82) is 0 Å². The second kappa shape index (κ2) is 6.20. The number of rotatable bonds is 3. The molecule has 1 spiro atoms. The maximum atomic E-state index is 12.8. The normalized spacial score (nSPS) is 22.1. The maximum absolute atomic E-state index is 12.8. The first-order valence-electron chi connectivity index (χ1n) is 9.75. The Bertz CT molecular complexity index is 792. The highest BCUT2D eigenvalue weighted by atomic mass is 16.2. The number of carbonyl (C=O) groups excluding carboxylic acids is 1. The van der Waals surface area contributed by atoms with Gasteiger partial charge < -0.3 is 10.2 Å². The van der Waals surface area contributed by atoms with Gasteiger partial charge in [-0.2, -0.15) is 5.10 Å². The molecule has 0 radical (unpaired) electrons. The molecule has 136 valence electrons. The lowest BCUT2D eigenvalue weighted by Gasteiger charge is -2.38. The van der Waals surface area contributed by atoms with Gasteiger partial charge in [-0.05, 0) is 56.2 Å². The fraction of sp³-hybridized carbons (Fsp3) is 0.550. The van der Waals surface area contributed by atoms with Crippen molar-refractivity contribution < 1.29 is 4.79 Å². The molecule has 0 unspecified atom stereocenters. The van der Waals surface area contributed by atoms with Gasteiger partial charge in [0.1, 0.15) is 5.82 Å². The Morgan fingerprint density at radius 3 is 2.54 bits per heavy atom. The van der Waals surface area contributed by atoms with Crippen molar-refractivity contribution in [2.45, 2.75) is 38.0 Å². The quantitative estimate of drug-likeness (QED) is 0.891. The molecule has 3 heterocycles. The van der Waals surface area contributed by atoms with Crippen molar-refractivity contribution in [3.63, 3.8) is 0 Å². The third-order valence-corrected chi connectivity index (χ3v) is 6.30. The van der Waals surface area contributed by atoms with Crippen molar-refractivity contribution >= 4 is 5.91 Å². The van der Waals surface area contributed by atoms with E-state index in [1.54, 1.807) is 0 Å². The predicted molar refractivity (Wildman–Crippen MR) is 98.9 cm³/mol. The van der Waals surface area contributed by atoms with Gasteiger partial charge >= 0.3 is 0 Å². The summed E-state index contributed by atoms with van der Waals surface area (Å²) in [5.41, 5.74) is 2.15. The van der Waals surface area contributed by atoms with E-state index >= 15 is 0 Å². The molecule has 2 aliphatic heterocycles. The average molecular weight is 351 g/mol. The van der Waals surface area contributed by atoms with E-state index < -0.39 is 0 Å². The van der Waals surface area contributed by atoms with Gasteiger partial charge in [-0.3, -0.25) is 9.89 Å². The second-order valence-electron chi connectivity index (χ2n) is 8.11. The lowest BCUT2D eigenvalue weighted by Crippen LogP contribution is -2.44. The Hall–Kier alpha value is -2.21. The minimum Gasteiger partial charge on any atom is -0.339 e. The van der Waals surface area contributed by atoms with Gasteiger partial charge in [-0.1, -0.05) is 12.1 Å². The minimum atomic E-state index is 0.144. The van der Waals surface area contributed by atoms with E-state index in [1.165, 1.54) is 19.3 Å². The molecule has 26 heavy (non-hydrogen) atoms. The van der Waals surface area contributed by atoms with Crippen LogP contribution in [0.2, 0.25) is 0 Å². The zero-order chi connectivity index (χ0) is 17.6. The molecule has 1 amide bonds. The van der Waals surface area contributed by atoms with Gasteiger partial charge in [0.25, 0.3) is 5.91 Å². The molecule has 0 bridgehead atoms. The van der Waals surface area contributed by atoms with Gasteiger partial charge in [-0.25, -0.2) is 4.98 Å². The van der Waals surface area contributed by atoms with Gasteiger partial charge in [0, 0.05) is 36.7 Å². The average Bonchev–Trinajstić information content (AvgIpc) is 3.24. The Morgan fingerprint density at radius 2 is 1.88 bits per heavy atom. The summed E-state index contributed by atoms with van der Waals surface area (Å²) in [7, 11) is 0. The molecule has 0 atom stereocenters. The zero-order valence-corrected chi connectivity index (χ0v) is 15.0. The monoisotopic (exact) mass is 351 g/mol. The van der Waals surface area contributed by atoms with E-state index in [2.05, 4.69) is 20.5 Å². The van der Waals surface area contributed by atoms with Crippen LogP contribution < -0.4 is 5.32 Å². The number of aromatic nitrogens is 3. The Balaban J connectivity index is 1.25. The molecule has 2 N–H and O–H groups in total. The van der Waals surface area contributed by atoms with E-state index in [0.29, 0.717) is 11.3 Å². The third kappa shape index (κ3) is 2.92. The van der Waals surface area contributed by atoms with Crippen LogP contribution in [0.3, 0.4) is 0 Å². The molecule has 2 saturated heterocycles. The first kappa shape index (κ1) is 16.0. The number of likely N-dealkylation sites (tertiary alicyclic amines) is 1. The van der Waals surface area contributed by atoms with E-state index in [4.69, 9.17) is 0 Å². The SMILES string of the molecule is O=C(c1ccc(-c2n[nH]c(C3CC3)n2)cc1)N1CCC2(CCNC2)CC1. The molecular formula is C20H25N5O. The molecule has 1 aromatic heterocycles. The van der Waals surface area contributed by atoms with E-state index in [1.807, 2.05) is 29.2 Å². The number of carbonyl (C=O) groups is 1. The molecular weight excluding hydrogens is 326 g/mol. The van der Waals surface area contributed by atoms with E-state index in [-0.39, 0.29) is 5.91 Å². The smallest absolute Gasteiger partial charge is 0.253 e. The summed E-state index contributed by atoms with van der Waals surface area (Å²) in [6, 6.07) is 7.73. The largest absolute Gasteiger partial charge is 0.339 e. The van der Waals surface area contributed by atoms with Crippen molar-refractivity contribution in [3.05, 3.63) is 35.7 Å². The Morgan fingerprint density at radius 1 is 1.12 bits per heavy atom. The highest BCUT2D eigenvalue weighted by Crippen LogP contribution is 2.39. The zero-order valence-electron chi connectivity index (χ0n) is 15.0. The first-order chi connectivity index (χ1) is 12.7. The Labute approximate surface area is 153 Å². The van der Waals surface area contributed by atoms with Gasteiger partial charge in [0.05, 0.1) is 0 Å². The van der Waals surface area contributed by atoms with Crippen molar-refractivity contribution in [1.82, 2.24) is 25.4 Å². The van der Waals surface area contributed by atoms with E-state index in [9.17, 15) is 4.79 Å².